The van der Waals surface area contributed by atoms with Gasteiger partial charge in [-0.3, -0.25) is 4.79 Å². The second-order valence-corrected chi connectivity index (χ2v) is 8.27. The molecule has 0 bridgehead atoms. The van der Waals surface area contributed by atoms with Gasteiger partial charge in [0.2, 0.25) is 0 Å². The molecule has 5 nitrogen and oxygen atoms in total. The number of rotatable bonds is 4. The number of pyridine rings is 1. The van der Waals surface area contributed by atoms with E-state index in [0.29, 0.717) is 46.9 Å². The number of H-pyrrole nitrogens is 1. The summed E-state index contributed by atoms with van der Waals surface area (Å²) in [4.78, 5) is 23.7. The molecule has 30 heavy (non-hydrogen) atoms. The van der Waals surface area contributed by atoms with Gasteiger partial charge in [0, 0.05) is 24.3 Å². The fraction of sp³-hybridized carbons (Fsp3) is 0.292. The van der Waals surface area contributed by atoms with Gasteiger partial charge in [-0.2, -0.15) is 4.98 Å². The van der Waals surface area contributed by atoms with E-state index in [1.807, 2.05) is 6.07 Å². The van der Waals surface area contributed by atoms with Crippen LogP contribution in [-0.4, -0.2) is 26.8 Å². The van der Waals surface area contributed by atoms with Crippen molar-refractivity contribution in [2.75, 3.05) is 0 Å². The Morgan fingerprint density at radius 1 is 1.07 bits per heavy atom. The van der Waals surface area contributed by atoms with E-state index >= 15 is 0 Å². The first-order valence-electron chi connectivity index (χ1n) is 10.3. The highest BCUT2D eigenvalue weighted by atomic mass is 35.5. The molecule has 152 valence electrons. The molecule has 1 unspecified atom stereocenters. The first-order chi connectivity index (χ1) is 14.7. The average Bonchev–Trinajstić information content (AvgIpc) is 3.16. The van der Waals surface area contributed by atoms with Gasteiger partial charge in [0.15, 0.2) is 5.65 Å². The molecule has 0 radical (unpaired) electrons. The Hall–Kier alpha value is -2.92. The number of allylic oxidation sites excluding steroid dienone is 4. The Bertz CT molecular complexity index is 1140. The van der Waals surface area contributed by atoms with Crippen LogP contribution in [0.2, 0.25) is 5.02 Å². The van der Waals surface area contributed by atoms with Gasteiger partial charge in [-0.25, -0.2) is 4.98 Å². The van der Waals surface area contributed by atoms with Gasteiger partial charge in [-0.1, -0.05) is 60.2 Å². The molecule has 5 rings (SSSR count). The van der Waals surface area contributed by atoms with E-state index in [1.165, 1.54) is 5.56 Å². The first-order valence-corrected chi connectivity index (χ1v) is 10.7. The number of ketones is 1. The highest BCUT2D eigenvalue weighted by Gasteiger charge is 2.21. The van der Waals surface area contributed by atoms with Gasteiger partial charge in [0.1, 0.15) is 11.9 Å². The summed E-state index contributed by atoms with van der Waals surface area (Å²) < 4.78 is 5.94. The van der Waals surface area contributed by atoms with E-state index in [1.54, 1.807) is 0 Å². The summed E-state index contributed by atoms with van der Waals surface area (Å²) in [6.07, 6.45) is 12.2. The van der Waals surface area contributed by atoms with E-state index in [2.05, 4.69) is 63.5 Å². The number of hydrogen-bond acceptors (Lipinski definition) is 4. The highest BCUT2D eigenvalue weighted by molar-refractivity contribution is 6.33. The lowest BCUT2D eigenvalue weighted by atomic mass is 9.92. The minimum Gasteiger partial charge on any atom is -0.461 e. The van der Waals surface area contributed by atoms with Crippen LogP contribution in [0.3, 0.4) is 0 Å². The number of nitrogens with one attached hydrogen (secondary N) is 1. The van der Waals surface area contributed by atoms with Gasteiger partial charge >= 0.3 is 0 Å². The minimum absolute atomic E-state index is 0.00873. The molecular formula is C24H22ClN3O2. The monoisotopic (exact) mass is 419 g/mol. The SMILES string of the molecule is O=C1CCC(Oc2nc3nc(-c4ccc(C5C=CC=CC5)cc4)c(Cl)cc3[nH]2)CC1. The van der Waals surface area contributed by atoms with Crippen LogP contribution in [0, 0.1) is 0 Å². The number of imidazole rings is 1. The maximum Gasteiger partial charge on any atom is 0.296 e. The van der Waals surface area contributed by atoms with E-state index in [0.717, 1.165) is 30.3 Å². The predicted molar refractivity (Wildman–Crippen MR) is 118 cm³/mol. The van der Waals surface area contributed by atoms with Gasteiger partial charge in [0.25, 0.3) is 6.01 Å². The molecule has 2 aliphatic carbocycles. The minimum atomic E-state index is 0.00873. The third kappa shape index (κ3) is 3.90. The number of Topliss-reactive ketones (excluding diaryl/α,β-unsaturated/α-hetero) is 1. The van der Waals surface area contributed by atoms with Gasteiger partial charge in [-0.15, -0.1) is 0 Å². The lowest BCUT2D eigenvalue weighted by Gasteiger charge is -2.20. The van der Waals surface area contributed by atoms with Crippen LogP contribution in [0.5, 0.6) is 6.01 Å². The number of carbonyl (C=O) groups excluding carboxylic acids is 1. The van der Waals surface area contributed by atoms with Crippen molar-refractivity contribution in [2.24, 2.45) is 0 Å². The van der Waals surface area contributed by atoms with E-state index < -0.39 is 0 Å². The number of nitrogens with zero attached hydrogens (tertiary/aromatic N) is 2. The summed E-state index contributed by atoms with van der Waals surface area (Å²) in [6, 6.07) is 10.7. The van der Waals surface area contributed by atoms with Crippen molar-refractivity contribution in [1.82, 2.24) is 15.0 Å². The molecule has 0 saturated heterocycles. The van der Waals surface area contributed by atoms with Crippen molar-refractivity contribution in [1.29, 1.82) is 0 Å². The number of ether oxygens (including phenoxy) is 1. The summed E-state index contributed by atoms with van der Waals surface area (Å²) in [7, 11) is 0. The average molecular weight is 420 g/mol. The van der Waals surface area contributed by atoms with Crippen molar-refractivity contribution in [3.63, 3.8) is 0 Å². The zero-order valence-corrected chi connectivity index (χ0v) is 17.2. The molecule has 0 spiro atoms. The summed E-state index contributed by atoms with van der Waals surface area (Å²) in [6.45, 7) is 0. The standard InChI is InChI=1S/C24H22ClN3O2/c25-20-14-21-23(28-24(26-21)30-19-12-10-18(29)11-13-19)27-22(20)17-8-6-16(7-9-17)15-4-2-1-3-5-15/h1-4,6-9,14-15,19H,5,10-13H2,(H,26,27,28). The summed E-state index contributed by atoms with van der Waals surface area (Å²) >= 11 is 6.53. The summed E-state index contributed by atoms with van der Waals surface area (Å²) in [5, 5.41) is 0.564. The largest absolute Gasteiger partial charge is 0.461 e. The Morgan fingerprint density at radius 2 is 1.87 bits per heavy atom. The maximum absolute atomic E-state index is 11.4. The number of hydrogen-bond donors (Lipinski definition) is 1. The number of carbonyl (C=O) groups is 1. The fourth-order valence-electron chi connectivity index (χ4n) is 4.06. The van der Waals surface area contributed by atoms with Crippen molar-refractivity contribution in [3.8, 4) is 17.3 Å². The molecule has 1 aromatic carbocycles. The quantitative estimate of drug-likeness (QED) is 0.583. The summed E-state index contributed by atoms with van der Waals surface area (Å²) in [5.74, 6) is 0.718. The van der Waals surface area contributed by atoms with Crippen molar-refractivity contribution in [3.05, 3.63) is 65.2 Å². The Balaban J connectivity index is 1.38. The Morgan fingerprint density at radius 3 is 2.60 bits per heavy atom. The molecular weight excluding hydrogens is 398 g/mol. The fourth-order valence-corrected chi connectivity index (χ4v) is 4.32. The topological polar surface area (TPSA) is 67.9 Å². The lowest BCUT2D eigenvalue weighted by molar-refractivity contribution is -0.121. The van der Waals surface area contributed by atoms with E-state index in [4.69, 9.17) is 16.3 Å². The molecule has 3 aromatic rings. The molecule has 2 heterocycles. The van der Waals surface area contributed by atoms with Crippen molar-refractivity contribution >= 4 is 28.5 Å². The molecule has 1 N–H and O–H groups in total. The molecule has 2 aliphatic rings. The van der Waals surface area contributed by atoms with Crippen molar-refractivity contribution in [2.45, 2.75) is 44.1 Å². The summed E-state index contributed by atoms with van der Waals surface area (Å²) in [5.41, 5.74) is 4.24. The van der Waals surface area contributed by atoms with Crippen LogP contribution in [0.1, 0.15) is 43.6 Å². The molecule has 0 amide bonds. The van der Waals surface area contributed by atoms with Gasteiger partial charge in [0.05, 0.1) is 16.2 Å². The van der Waals surface area contributed by atoms with Gasteiger partial charge in [-0.05, 0) is 30.9 Å². The van der Waals surface area contributed by atoms with E-state index in [-0.39, 0.29) is 6.10 Å². The van der Waals surface area contributed by atoms with Crippen LogP contribution in [0.4, 0.5) is 0 Å². The number of aromatic nitrogens is 3. The van der Waals surface area contributed by atoms with Crippen LogP contribution in [0.25, 0.3) is 22.4 Å². The zero-order valence-electron chi connectivity index (χ0n) is 16.5. The number of fused-ring (bicyclic) bond motifs is 1. The van der Waals surface area contributed by atoms with Crippen LogP contribution in [-0.2, 0) is 4.79 Å². The second kappa shape index (κ2) is 8.07. The maximum atomic E-state index is 11.4. The molecule has 6 heteroatoms. The Labute approximate surface area is 179 Å². The zero-order chi connectivity index (χ0) is 20.5. The first kappa shape index (κ1) is 19.1. The normalized spacial score (nSPS) is 19.5. The molecule has 1 fully saturated rings. The molecule has 0 aliphatic heterocycles. The Kier molecular flexibility index (Phi) is 5.13. The lowest BCUT2D eigenvalue weighted by Crippen LogP contribution is -2.24. The number of benzene rings is 1. The molecule has 1 atom stereocenters. The van der Waals surface area contributed by atoms with Gasteiger partial charge < -0.3 is 9.72 Å². The third-order valence-electron chi connectivity index (χ3n) is 5.77. The number of aromatic amines is 1. The molecule has 2 aromatic heterocycles. The van der Waals surface area contributed by atoms with E-state index in [9.17, 15) is 4.79 Å². The molecule has 1 saturated carbocycles. The second-order valence-electron chi connectivity index (χ2n) is 7.87. The highest BCUT2D eigenvalue weighted by Crippen LogP contribution is 2.32. The third-order valence-corrected chi connectivity index (χ3v) is 6.05. The smallest absolute Gasteiger partial charge is 0.296 e. The van der Waals surface area contributed by atoms with Crippen LogP contribution >= 0.6 is 11.6 Å². The van der Waals surface area contributed by atoms with Crippen LogP contribution < -0.4 is 4.74 Å². The van der Waals surface area contributed by atoms with Crippen molar-refractivity contribution < 1.29 is 9.53 Å². The predicted octanol–water partition coefficient (Wildman–Crippen LogP) is 5.77. The number of halogens is 1. The van der Waals surface area contributed by atoms with Crippen LogP contribution in [0.15, 0.2) is 54.6 Å².